The number of hydrogen-bond donors (Lipinski definition) is 2. The minimum atomic E-state index is -0.969. The van der Waals surface area contributed by atoms with Crippen molar-refractivity contribution in [2.24, 2.45) is 0 Å². The van der Waals surface area contributed by atoms with Crippen molar-refractivity contribution in [3.8, 4) is 0 Å². The Morgan fingerprint density at radius 1 is 1.56 bits per heavy atom. The molecule has 0 radical (unpaired) electrons. The van der Waals surface area contributed by atoms with Crippen LogP contribution in [0.1, 0.15) is 26.2 Å². The van der Waals surface area contributed by atoms with Crippen LogP contribution in [0, 0.1) is 0 Å². The number of carboxylic acid groups (broad SMARTS) is 1. The van der Waals surface area contributed by atoms with E-state index in [9.17, 15) is 9.59 Å². The molecular formula is C11H19NO4. The van der Waals surface area contributed by atoms with E-state index in [1.807, 2.05) is 0 Å². The Kier molecular flexibility index (Phi) is 6.41. The van der Waals surface area contributed by atoms with Gasteiger partial charge in [-0.3, -0.25) is 9.59 Å². The van der Waals surface area contributed by atoms with Crippen LogP contribution in [0.5, 0.6) is 0 Å². The SMILES string of the molecule is C=CCCC(=O)NC(C)(COC)CC(=O)O. The largest absolute Gasteiger partial charge is 0.481 e. The molecule has 1 amide bonds. The van der Waals surface area contributed by atoms with Gasteiger partial charge in [0, 0.05) is 13.5 Å². The minimum Gasteiger partial charge on any atom is -0.481 e. The van der Waals surface area contributed by atoms with Crippen LogP contribution in [0.3, 0.4) is 0 Å². The van der Waals surface area contributed by atoms with Crippen LogP contribution in [0.4, 0.5) is 0 Å². The Balaban J connectivity index is 4.35. The number of ether oxygens (including phenoxy) is 1. The van der Waals surface area contributed by atoms with Crippen LogP contribution in [-0.4, -0.2) is 36.2 Å². The molecule has 0 heterocycles. The van der Waals surface area contributed by atoms with Gasteiger partial charge in [0.05, 0.1) is 18.6 Å². The van der Waals surface area contributed by atoms with E-state index in [2.05, 4.69) is 11.9 Å². The Morgan fingerprint density at radius 2 is 2.19 bits per heavy atom. The number of rotatable bonds is 8. The molecular weight excluding hydrogens is 210 g/mol. The van der Waals surface area contributed by atoms with Crippen LogP contribution >= 0.6 is 0 Å². The van der Waals surface area contributed by atoms with Gasteiger partial charge in [-0.25, -0.2) is 0 Å². The second-order valence-corrected chi connectivity index (χ2v) is 3.94. The lowest BCUT2D eigenvalue weighted by molar-refractivity contribution is -0.139. The third-order valence-electron chi connectivity index (χ3n) is 2.02. The lowest BCUT2D eigenvalue weighted by atomic mass is 9.98. The topological polar surface area (TPSA) is 75.6 Å². The number of carbonyl (C=O) groups excluding carboxylic acids is 1. The molecule has 0 fully saturated rings. The molecule has 0 aliphatic carbocycles. The zero-order chi connectivity index (χ0) is 12.6. The van der Waals surface area contributed by atoms with E-state index in [0.29, 0.717) is 12.8 Å². The van der Waals surface area contributed by atoms with E-state index in [0.717, 1.165) is 0 Å². The molecule has 0 spiro atoms. The molecule has 2 N–H and O–H groups in total. The van der Waals surface area contributed by atoms with Crippen molar-refractivity contribution in [3.05, 3.63) is 12.7 Å². The highest BCUT2D eigenvalue weighted by atomic mass is 16.5. The lowest BCUT2D eigenvalue weighted by Gasteiger charge is -2.28. The molecule has 0 aliphatic heterocycles. The van der Waals surface area contributed by atoms with Gasteiger partial charge in [-0.05, 0) is 13.3 Å². The molecule has 1 atom stereocenters. The molecule has 92 valence electrons. The number of hydrogen-bond acceptors (Lipinski definition) is 3. The van der Waals surface area contributed by atoms with Gasteiger partial charge in [-0.15, -0.1) is 6.58 Å². The summed E-state index contributed by atoms with van der Waals surface area (Å²) < 4.78 is 4.92. The Bertz CT molecular complexity index is 265. The highest BCUT2D eigenvalue weighted by Crippen LogP contribution is 2.11. The first-order chi connectivity index (χ1) is 7.43. The van der Waals surface area contributed by atoms with E-state index in [1.165, 1.54) is 7.11 Å². The summed E-state index contributed by atoms with van der Waals surface area (Å²) >= 11 is 0. The molecule has 0 aromatic heterocycles. The van der Waals surface area contributed by atoms with Crippen LogP contribution in [-0.2, 0) is 14.3 Å². The van der Waals surface area contributed by atoms with Crippen molar-refractivity contribution in [1.29, 1.82) is 0 Å². The van der Waals surface area contributed by atoms with E-state index in [-0.39, 0.29) is 18.9 Å². The average molecular weight is 229 g/mol. The Morgan fingerprint density at radius 3 is 2.62 bits per heavy atom. The third-order valence-corrected chi connectivity index (χ3v) is 2.02. The molecule has 16 heavy (non-hydrogen) atoms. The van der Waals surface area contributed by atoms with Crippen molar-refractivity contribution in [1.82, 2.24) is 5.32 Å². The van der Waals surface area contributed by atoms with Crippen molar-refractivity contribution in [2.45, 2.75) is 31.7 Å². The van der Waals surface area contributed by atoms with Gasteiger partial charge >= 0.3 is 5.97 Å². The summed E-state index contributed by atoms with van der Waals surface area (Å²) in [6.45, 7) is 5.33. The van der Waals surface area contributed by atoms with E-state index in [4.69, 9.17) is 9.84 Å². The van der Waals surface area contributed by atoms with E-state index >= 15 is 0 Å². The van der Waals surface area contributed by atoms with Gasteiger partial charge in [0.25, 0.3) is 0 Å². The minimum absolute atomic E-state index is 0.166. The second-order valence-electron chi connectivity index (χ2n) is 3.94. The highest BCUT2D eigenvalue weighted by molar-refractivity contribution is 5.78. The first-order valence-electron chi connectivity index (χ1n) is 5.06. The monoisotopic (exact) mass is 229 g/mol. The van der Waals surface area contributed by atoms with Gasteiger partial charge in [-0.1, -0.05) is 6.08 Å². The third kappa shape index (κ3) is 6.19. The average Bonchev–Trinajstić information content (AvgIpc) is 2.13. The quantitative estimate of drug-likeness (QED) is 0.607. The molecule has 1 unspecified atom stereocenters. The standard InChI is InChI=1S/C11H19NO4/c1-4-5-6-9(13)12-11(2,8-16-3)7-10(14)15/h4H,1,5-8H2,2-3H3,(H,12,13)(H,14,15). The van der Waals surface area contributed by atoms with Gasteiger partial charge in [0.2, 0.25) is 5.91 Å². The summed E-state index contributed by atoms with van der Waals surface area (Å²) in [5, 5.41) is 11.4. The normalized spacial score (nSPS) is 13.9. The van der Waals surface area contributed by atoms with Crippen molar-refractivity contribution < 1.29 is 19.4 Å². The van der Waals surface area contributed by atoms with Crippen LogP contribution in [0.25, 0.3) is 0 Å². The molecule has 0 aliphatic rings. The summed E-state index contributed by atoms with van der Waals surface area (Å²) in [5.74, 6) is -1.16. The molecule has 0 saturated heterocycles. The van der Waals surface area contributed by atoms with Crippen molar-refractivity contribution >= 4 is 11.9 Å². The molecule has 0 bridgehead atoms. The molecule has 0 saturated carbocycles. The van der Waals surface area contributed by atoms with E-state index < -0.39 is 11.5 Å². The lowest BCUT2D eigenvalue weighted by Crippen LogP contribution is -2.50. The van der Waals surface area contributed by atoms with Gasteiger partial charge in [0.1, 0.15) is 0 Å². The van der Waals surface area contributed by atoms with Crippen LogP contribution < -0.4 is 5.32 Å². The number of methoxy groups -OCH3 is 1. The predicted molar refractivity (Wildman–Crippen MR) is 60.1 cm³/mol. The summed E-state index contributed by atoms with van der Waals surface area (Å²) in [6, 6.07) is 0. The van der Waals surface area contributed by atoms with Crippen LogP contribution in [0.15, 0.2) is 12.7 Å². The van der Waals surface area contributed by atoms with Crippen molar-refractivity contribution in [2.75, 3.05) is 13.7 Å². The first-order valence-corrected chi connectivity index (χ1v) is 5.06. The maximum Gasteiger partial charge on any atom is 0.305 e. The van der Waals surface area contributed by atoms with Gasteiger partial charge in [-0.2, -0.15) is 0 Å². The van der Waals surface area contributed by atoms with Gasteiger partial charge in [0.15, 0.2) is 0 Å². The Hall–Kier alpha value is -1.36. The maximum atomic E-state index is 11.5. The fourth-order valence-electron chi connectivity index (χ4n) is 1.42. The molecule has 5 nitrogen and oxygen atoms in total. The fraction of sp³-hybridized carbons (Fsp3) is 0.636. The smallest absolute Gasteiger partial charge is 0.305 e. The number of carboxylic acids is 1. The zero-order valence-corrected chi connectivity index (χ0v) is 9.78. The number of nitrogens with one attached hydrogen (secondary N) is 1. The number of carbonyl (C=O) groups is 2. The summed E-state index contributed by atoms with van der Waals surface area (Å²) in [7, 11) is 1.47. The molecule has 5 heteroatoms. The molecule has 0 aromatic carbocycles. The maximum absolute atomic E-state index is 11.5. The zero-order valence-electron chi connectivity index (χ0n) is 9.78. The van der Waals surface area contributed by atoms with Crippen LogP contribution in [0.2, 0.25) is 0 Å². The molecule has 0 rings (SSSR count). The number of allylic oxidation sites excluding steroid dienone is 1. The summed E-state index contributed by atoms with van der Waals surface area (Å²) in [4.78, 5) is 22.1. The molecule has 0 aromatic rings. The predicted octanol–water partition coefficient (Wildman–Crippen LogP) is 0.949. The highest BCUT2D eigenvalue weighted by Gasteiger charge is 2.29. The van der Waals surface area contributed by atoms with Gasteiger partial charge < -0.3 is 15.2 Å². The van der Waals surface area contributed by atoms with Crippen molar-refractivity contribution in [3.63, 3.8) is 0 Å². The number of aliphatic carboxylic acids is 1. The summed E-state index contributed by atoms with van der Waals surface area (Å²) in [6.07, 6.45) is 2.36. The summed E-state index contributed by atoms with van der Waals surface area (Å²) in [5.41, 5.74) is -0.862. The fourth-order valence-corrected chi connectivity index (χ4v) is 1.42. The second kappa shape index (κ2) is 7.00. The number of amides is 1. The van der Waals surface area contributed by atoms with E-state index in [1.54, 1.807) is 13.0 Å². The Labute approximate surface area is 95.5 Å². The first kappa shape index (κ1) is 14.6.